The number of hydrogen-bond donors (Lipinski definition) is 0. The minimum Gasteiger partial charge on any atom is -0.239 e. The van der Waals surface area contributed by atoms with Crippen LogP contribution < -0.4 is 0 Å². The van der Waals surface area contributed by atoms with Crippen molar-refractivity contribution < 1.29 is 17.2 Å². The highest BCUT2D eigenvalue weighted by Crippen LogP contribution is 2.31. The highest BCUT2D eigenvalue weighted by atomic mass is 127. The van der Waals surface area contributed by atoms with E-state index in [0.29, 0.717) is 0 Å². The third kappa shape index (κ3) is 3.21. The van der Waals surface area contributed by atoms with Crippen LogP contribution in [0.3, 0.4) is 0 Å². The molecule has 0 amide bonds. The van der Waals surface area contributed by atoms with Crippen molar-refractivity contribution in [1.82, 2.24) is 4.98 Å². The number of hydrogen-bond acceptors (Lipinski definition) is 3. The zero-order valence-electron chi connectivity index (χ0n) is 6.72. The molecule has 84 valence electrons. The van der Waals surface area contributed by atoms with Crippen LogP contribution >= 0.6 is 49.2 Å². The molecule has 1 rings (SSSR count). The van der Waals surface area contributed by atoms with Crippen LogP contribution in [0, 0.1) is 3.57 Å². The van der Waals surface area contributed by atoms with Crippen molar-refractivity contribution in [3.63, 3.8) is 0 Å². The lowest BCUT2D eigenvalue weighted by atomic mass is 10.4. The van der Waals surface area contributed by atoms with Gasteiger partial charge < -0.3 is 0 Å². The molecule has 0 unspecified atom stereocenters. The first-order chi connectivity index (χ1) is 6.73. The summed E-state index contributed by atoms with van der Waals surface area (Å²) in [5.41, 5.74) is -0.607. The molecule has 9 heteroatoms. The summed E-state index contributed by atoms with van der Waals surface area (Å²) < 4.78 is 46.8. The monoisotopic (exact) mass is 431 g/mol. The molecule has 0 saturated carbocycles. The lowest BCUT2D eigenvalue weighted by Gasteiger charge is -2.06. The molecule has 0 radical (unpaired) electrons. The molecule has 0 N–H and O–H groups in total. The predicted molar refractivity (Wildman–Crippen MR) is 62.6 cm³/mol. The molecule has 0 aliphatic carbocycles. The summed E-state index contributed by atoms with van der Waals surface area (Å²) in [7, 11) is 1.04. The van der Waals surface area contributed by atoms with Gasteiger partial charge in [0.15, 0.2) is 0 Å². The van der Waals surface area contributed by atoms with Crippen molar-refractivity contribution in [2.24, 2.45) is 0 Å². The first-order valence-electron chi connectivity index (χ1n) is 3.32. The predicted octanol–water partition coefficient (Wildman–Crippen LogP) is 3.31. The Morgan fingerprint density at radius 1 is 1.53 bits per heavy atom. The van der Waals surface area contributed by atoms with Crippen molar-refractivity contribution in [2.45, 2.75) is 11.3 Å². The van der Waals surface area contributed by atoms with E-state index in [0.717, 1.165) is 6.07 Å². The first kappa shape index (κ1) is 13.5. The van der Waals surface area contributed by atoms with Crippen LogP contribution in [0.1, 0.15) is 12.1 Å². The van der Waals surface area contributed by atoms with E-state index in [9.17, 15) is 17.2 Å². The van der Waals surface area contributed by atoms with Crippen molar-refractivity contribution >= 4 is 58.3 Å². The Morgan fingerprint density at radius 2 is 2.07 bits per heavy atom. The fraction of sp³-hybridized carbons (Fsp3) is 0.167. The molecule has 1 heterocycles. The van der Waals surface area contributed by atoms with Gasteiger partial charge in [-0.25, -0.2) is 22.2 Å². The van der Waals surface area contributed by atoms with E-state index < -0.39 is 21.2 Å². The Morgan fingerprint density at radius 3 is 2.47 bits per heavy atom. The van der Waals surface area contributed by atoms with Gasteiger partial charge in [0.2, 0.25) is 0 Å². The number of halogens is 5. The second kappa shape index (κ2) is 4.76. The van der Waals surface area contributed by atoms with Crippen LogP contribution in [0.15, 0.2) is 15.6 Å². The fourth-order valence-electron chi connectivity index (χ4n) is 0.816. The zero-order chi connectivity index (χ0) is 11.8. The molecule has 0 atom stereocenters. The molecule has 1 aromatic rings. The van der Waals surface area contributed by atoms with Crippen LogP contribution in [0.25, 0.3) is 0 Å². The third-order valence-corrected chi connectivity index (χ3v) is 4.64. The Balaban J connectivity index is 3.56. The largest absolute Gasteiger partial charge is 0.281 e. The van der Waals surface area contributed by atoms with E-state index >= 15 is 0 Å². The number of rotatable bonds is 2. The average molecular weight is 432 g/mol. The second-order valence-corrected chi connectivity index (χ2v) is 6.81. The van der Waals surface area contributed by atoms with Gasteiger partial charge in [-0.15, -0.1) is 0 Å². The van der Waals surface area contributed by atoms with Crippen molar-refractivity contribution in [3.05, 3.63) is 19.9 Å². The van der Waals surface area contributed by atoms with Crippen molar-refractivity contribution in [2.75, 3.05) is 0 Å². The van der Waals surface area contributed by atoms with E-state index in [2.05, 4.69) is 20.9 Å². The number of aromatic nitrogens is 1. The quantitative estimate of drug-likeness (QED) is 0.409. The molecular weight excluding hydrogens is 430 g/mol. The summed E-state index contributed by atoms with van der Waals surface area (Å²) in [5.74, 6) is 0. The molecule has 3 nitrogen and oxygen atoms in total. The van der Waals surface area contributed by atoms with Crippen LogP contribution in [-0.4, -0.2) is 13.4 Å². The van der Waals surface area contributed by atoms with Gasteiger partial charge in [0.25, 0.3) is 15.5 Å². The van der Waals surface area contributed by atoms with Gasteiger partial charge in [-0.3, -0.25) is 0 Å². The lowest BCUT2D eigenvalue weighted by Crippen LogP contribution is -2.03. The van der Waals surface area contributed by atoms with Crippen LogP contribution in [-0.2, 0) is 9.05 Å². The topological polar surface area (TPSA) is 47.0 Å². The zero-order valence-corrected chi connectivity index (χ0v) is 12.0. The molecule has 0 spiro atoms. The maximum absolute atomic E-state index is 12.5. The molecule has 15 heavy (non-hydrogen) atoms. The minimum atomic E-state index is -4.05. The average Bonchev–Trinajstić information content (AvgIpc) is 2.06. The van der Waals surface area contributed by atoms with Crippen molar-refractivity contribution in [1.29, 1.82) is 0 Å². The van der Waals surface area contributed by atoms with Crippen molar-refractivity contribution in [3.8, 4) is 0 Å². The summed E-state index contributed by atoms with van der Waals surface area (Å²) in [5, 5.41) is 0. The molecule has 1 aromatic heterocycles. The summed E-state index contributed by atoms with van der Waals surface area (Å²) in [6, 6.07) is 1.08. The normalized spacial score (nSPS) is 12.1. The van der Waals surface area contributed by atoms with E-state index in [1.165, 1.54) is 22.6 Å². The summed E-state index contributed by atoms with van der Waals surface area (Å²) in [6.07, 6.45) is -2.86. The molecule has 0 aliphatic heterocycles. The van der Waals surface area contributed by atoms with E-state index in [-0.39, 0.29) is 13.1 Å². The Labute approximate surface area is 111 Å². The second-order valence-electron chi connectivity index (χ2n) is 2.38. The smallest absolute Gasteiger partial charge is 0.239 e. The number of alkyl halides is 2. The molecule has 0 aromatic carbocycles. The minimum absolute atomic E-state index is 0.00237. The van der Waals surface area contributed by atoms with Gasteiger partial charge in [0.1, 0.15) is 15.2 Å². The van der Waals surface area contributed by atoms with Gasteiger partial charge in [0, 0.05) is 10.7 Å². The van der Waals surface area contributed by atoms with E-state index in [4.69, 9.17) is 10.7 Å². The molecule has 0 saturated heterocycles. The summed E-state index contributed by atoms with van der Waals surface area (Å²) >= 11 is 4.31. The van der Waals surface area contributed by atoms with Gasteiger partial charge >= 0.3 is 0 Å². The van der Waals surface area contributed by atoms with E-state index in [1.807, 2.05) is 0 Å². The first-order valence-corrected chi connectivity index (χ1v) is 7.50. The van der Waals surface area contributed by atoms with Gasteiger partial charge in [-0.1, -0.05) is 0 Å². The molecule has 0 bridgehead atoms. The molecular formula is C6H2BrClF2INO2S. The van der Waals surface area contributed by atoms with Gasteiger partial charge in [0.05, 0.1) is 3.57 Å². The third-order valence-electron chi connectivity index (χ3n) is 1.39. The number of nitrogens with zero attached hydrogens (tertiary/aromatic N) is 1. The fourth-order valence-corrected chi connectivity index (χ4v) is 4.10. The SMILES string of the molecule is O=S(=O)(Cl)c1cc(Br)nc(C(F)F)c1I. The maximum atomic E-state index is 12.5. The summed E-state index contributed by atoms with van der Waals surface area (Å²) in [6.45, 7) is 0. The lowest BCUT2D eigenvalue weighted by molar-refractivity contribution is 0.144. The van der Waals surface area contributed by atoms with Crippen LogP contribution in [0.4, 0.5) is 8.78 Å². The van der Waals surface area contributed by atoms with Crippen LogP contribution in [0.5, 0.6) is 0 Å². The van der Waals surface area contributed by atoms with Gasteiger partial charge in [-0.05, 0) is 44.6 Å². The number of pyridine rings is 1. The Kier molecular flexibility index (Phi) is 4.29. The van der Waals surface area contributed by atoms with E-state index in [1.54, 1.807) is 0 Å². The standard InChI is InChI=1S/C6H2BrClF2INO2S/c7-3-1-2(15(8,13)14)4(11)5(12-3)6(9)10/h1,6H. The molecule has 0 aliphatic rings. The molecule has 0 fully saturated rings. The van der Waals surface area contributed by atoms with Crippen LogP contribution in [0.2, 0.25) is 0 Å². The maximum Gasteiger partial charge on any atom is 0.281 e. The highest BCUT2D eigenvalue weighted by Gasteiger charge is 2.23. The Bertz CT molecular complexity index is 496. The van der Waals surface area contributed by atoms with Gasteiger partial charge in [-0.2, -0.15) is 0 Å². The summed E-state index contributed by atoms with van der Waals surface area (Å²) in [4.78, 5) is 3.11. The Hall–Kier alpha value is 0.460. The highest BCUT2D eigenvalue weighted by molar-refractivity contribution is 14.1.